The summed E-state index contributed by atoms with van der Waals surface area (Å²) in [4.78, 5) is 11.9. The van der Waals surface area contributed by atoms with Crippen LogP contribution >= 0.6 is 22.9 Å². The zero-order valence-electron chi connectivity index (χ0n) is 12.5. The van der Waals surface area contributed by atoms with Crippen molar-refractivity contribution in [3.8, 4) is 5.75 Å². The molecule has 1 heterocycles. The first-order valence-electron chi connectivity index (χ1n) is 7.10. The molecular weight excluding hydrogens is 322 g/mol. The molecule has 0 saturated heterocycles. The predicted molar refractivity (Wildman–Crippen MR) is 88.4 cm³/mol. The minimum atomic E-state index is -0.0253. The number of ether oxygens (including phenoxy) is 1. The number of hydrogen-bond donors (Lipinski definition) is 1. The van der Waals surface area contributed by atoms with E-state index in [1.54, 1.807) is 24.3 Å². The molecule has 1 atom stereocenters. The van der Waals surface area contributed by atoms with Gasteiger partial charge in [0.1, 0.15) is 12.4 Å². The van der Waals surface area contributed by atoms with Crippen molar-refractivity contribution in [1.29, 1.82) is 0 Å². The Balaban J connectivity index is 1.86. The fraction of sp³-hybridized carbons (Fsp3) is 0.400. The lowest BCUT2D eigenvalue weighted by Gasteiger charge is -2.08. The quantitative estimate of drug-likeness (QED) is 0.823. The number of halogens is 1. The number of nitrogens with one attached hydrogen (secondary N) is 1. The molecule has 1 aromatic heterocycles. The van der Waals surface area contributed by atoms with E-state index in [9.17, 15) is 4.79 Å². The van der Waals surface area contributed by atoms with Crippen LogP contribution in [0.15, 0.2) is 24.3 Å². The largest absolute Gasteiger partial charge is 0.486 e. The van der Waals surface area contributed by atoms with E-state index in [4.69, 9.17) is 16.3 Å². The van der Waals surface area contributed by atoms with Crippen molar-refractivity contribution in [3.05, 3.63) is 34.3 Å². The van der Waals surface area contributed by atoms with Gasteiger partial charge in [0, 0.05) is 10.9 Å². The van der Waals surface area contributed by atoms with E-state index >= 15 is 0 Å². The topological polar surface area (TPSA) is 64.1 Å². The van der Waals surface area contributed by atoms with Crippen LogP contribution in [0.2, 0.25) is 5.02 Å². The number of rotatable bonds is 7. The summed E-state index contributed by atoms with van der Waals surface area (Å²) in [6.07, 6.45) is 1.84. The summed E-state index contributed by atoms with van der Waals surface area (Å²) in [6, 6.07) is 7.10. The molecule has 0 fully saturated rings. The highest BCUT2D eigenvalue weighted by Gasteiger charge is 2.14. The Bertz CT molecular complexity index is 616. The lowest BCUT2D eigenvalue weighted by Crippen LogP contribution is -2.20. The molecule has 2 aromatic rings. The van der Waals surface area contributed by atoms with Crippen molar-refractivity contribution in [2.24, 2.45) is 5.92 Å². The van der Waals surface area contributed by atoms with E-state index in [2.05, 4.69) is 22.4 Å². The number of carbonyl (C=O) groups excluding carboxylic acids is 1. The second-order valence-corrected chi connectivity index (χ2v) is 6.42. The first kappa shape index (κ1) is 16.7. The highest BCUT2D eigenvalue weighted by molar-refractivity contribution is 7.15. The highest BCUT2D eigenvalue weighted by Crippen LogP contribution is 2.20. The van der Waals surface area contributed by atoms with Gasteiger partial charge >= 0.3 is 0 Å². The molecule has 0 aliphatic heterocycles. The number of amides is 1. The van der Waals surface area contributed by atoms with Crippen LogP contribution in [0.4, 0.5) is 5.13 Å². The molecular formula is C15H18ClN3O2S. The Morgan fingerprint density at radius 3 is 2.77 bits per heavy atom. The summed E-state index contributed by atoms with van der Waals surface area (Å²) in [6.45, 7) is 4.27. The third-order valence-corrected chi connectivity index (χ3v) is 4.11. The van der Waals surface area contributed by atoms with E-state index in [0.717, 1.165) is 12.8 Å². The average Bonchev–Trinajstić information content (AvgIpc) is 2.94. The second kappa shape index (κ2) is 8.10. The molecule has 1 aromatic carbocycles. The zero-order chi connectivity index (χ0) is 15.9. The number of carbonyl (C=O) groups is 1. The van der Waals surface area contributed by atoms with E-state index < -0.39 is 0 Å². The first-order valence-corrected chi connectivity index (χ1v) is 8.29. The van der Waals surface area contributed by atoms with Crippen molar-refractivity contribution >= 4 is 34.0 Å². The molecule has 0 spiro atoms. The van der Waals surface area contributed by atoms with Gasteiger partial charge in [0.15, 0.2) is 5.01 Å². The standard InChI is InChI=1S/C15H18ClN3O2S/c1-3-4-10(2)14(20)17-15-19-18-13(22-15)9-21-12-7-5-11(16)6-8-12/h5-8,10H,3-4,9H2,1-2H3,(H,17,19,20). The Labute approximate surface area is 138 Å². The van der Waals surface area contributed by atoms with Crippen LogP contribution in [0.5, 0.6) is 5.75 Å². The van der Waals surface area contributed by atoms with Crippen LogP contribution in [-0.4, -0.2) is 16.1 Å². The monoisotopic (exact) mass is 339 g/mol. The molecule has 118 valence electrons. The van der Waals surface area contributed by atoms with Crippen LogP contribution in [0.25, 0.3) is 0 Å². The Morgan fingerprint density at radius 1 is 1.36 bits per heavy atom. The molecule has 0 aliphatic carbocycles. The van der Waals surface area contributed by atoms with E-state index in [0.29, 0.717) is 27.5 Å². The lowest BCUT2D eigenvalue weighted by atomic mass is 10.1. The number of aromatic nitrogens is 2. The average molecular weight is 340 g/mol. The Kier molecular flexibility index (Phi) is 6.15. The van der Waals surface area contributed by atoms with Crippen molar-refractivity contribution in [2.75, 3.05) is 5.32 Å². The van der Waals surface area contributed by atoms with Crippen molar-refractivity contribution in [3.63, 3.8) is 0 Å². The summed E-state index contributed by atoms with van der Waals surface area (Å²) in [5.41, 5.74) is 0. The van der Waals surface area contributed by atoms with Gasteiger partial charge in [-0.3, -0.25) is 4.79 Å². The van der Waals surface area contributed by atoms with Crippen molar-refractivity contribution in [2.45, 2.75) is 33.3 Å². The summed E-state index contributed by atoms with van der Waals surface area (Å²) >= 11 is 7.13. The van der Waals surface area contributed by atoms with Gasteiger partial charge in [-0.1, -0.05) is 43.2 Å². The molecule has 5 nitrogen and oxygen atoms in total. The number of benzene rings is 1. The van der Waals surface area contributed by atoms with Gasteiger partial charge < -0.3 is 10.1 Å². The first-order chi connectivity index (χ1) is 10.6. The maximum atomic E-state index is 11.9. The number of hydrogen-bond acceptors (Lipinski definition) is 5. The molecule has 0 aliphatic rings. The molecule has 1 amide bonds. The number of anilines is 1. The Morgan fingerprint density at radius 2 is 2.09 bits per heavy atom. The van der Waals surface area contributed by atoms with Crippen molar-refractivity contribution in [1.82, 2.24) is 10.2 Å². The lowest BCUT2D eigenvalue weighted by molar-refractivity contribution is -0.119. The van der Waals surface area contributed by atoms with Crippen molar-refractivity contribution < 1.29 is 9.53 Å². The summed E-state index contributed by atoms with van der Waals surface area (Å²) in [5.74, 6) is 0.660. The summed E-state index contributed by atoms with van der Waals surface area (Å²) < 4.78 is 5.59. The summed E-state index contributed by atoms with van der Waals surface area (Å²) in [7, 11) is 0. The Hall–Kier alpha value is -1.66. The fourth-order valence-electron chi connectivity index (χ4n) is 1.83. The minimum Gasteiger partial charge on any atom is -0.486 e. The van der Waals surface area contributed by atoms with Crippen LogP contribution in [0.3, 0.4) is 0 Å². The molecule has 1 unspecified atom stereocenters. The molecule has 0 saturated carbocycles. The van der Waals surface area contributed by atoms with E-state index in [-0.39, 0.29) is 11.8 Å². The number of nitrogens with zero attached hydrogens (tertiary/aromatic N) is 2. The summed E-state index contributed by atoms with van der Waals surface area (Å²) in [5, 5.41) is 12.6. The van der Waals surface area contributed by atoms with Crippen LogP contribution in [0, 0.1) is 5.92 Å². The fourth-order valence-corrected chi connectivity index (χ4v) is 2.61. The normalized spacial score (nSPS) is 12.0. The highest BCUT2D eigenvalue weighted by atomic mass is 35.5. The molecule has 0 radical (unpaired) electrons. The van der Waals surface area contributed by atoms with Gasteiger partial charge in [0.25, 0.3) is 0 Å². The van der Waals surface area contributed by atoms with Crippen LogP contribution in [-0.2, 0) is 11.4 Å². The third kappa shape index (κ3) is 4.96. The molecule has 22 heavy (non-hydrogen) atoms. The molecule has 1 N–H and O–H groups in total. The van der Waals surface area contributed by atoms with E-state index in [1.807, 2.05) is 6.92 Å². The molecule has 0 bridgehead atoms. The van der Waals surface area contributed by atoms with Gasteiger partial charge in [-0.05, 0) is 30.7 Å². The van der Waals surface area contributed by atoms with Gasteiger partial charge in [-0.25, -0.2) is 0 Å². The van der Waals surface area contributed by atoms with Crippen LogP contribution in [0.1, 0.15) is 31.7 Å². The molecule has 7 heteroatoms. The van der Waals surface area contributed by atoms with Crippen LogP contribution < -0.4 is 10.1 Å². The maximum Gasteiger partial charge on any atom is 0.229 e. The third-order valence-electron chi connectivity index (χ3n) is 3.04. The predicted octanol–water partition coefficient (Wildman–Crippen LogP) is 4.15. The second-order valence-electron chi connectivity index (χ2n) is 4.92. The van der Waals surface area contributed by atoms with Gasteiger partial charge in [0.05, 0.1) is 0 Å². The van der Waals surface area contributed by atoms with Gasteiger partial charge in [-0.15, -0.1) is 10.2 Å². The minimum absolute atomic E-state index is 0.0248. The zero-order valence-corrected chi connectivity index (χ0v) is 14.1. The maximum absolute atomic E-state index is 11.9. The smallest absolute Gasteiger partial charge is 0.229 e. The van der Waals surface area contributed by atoms with Gasteiger partial charge in [-0.2, -0.15) is 0 Å². The SMILES string of the molecule is CCCC(C)C(=O)Nc1nnc(COc2ccc(Cl)cc2)s1. The molecule has 2 rings (SSSR count). The van der Waals surface area contributed by atoms with Gasteiger partial charge in [0.2, 0.25) is 11.0 Å². The van der Waals surface area contributed by atoms with E-state index in [1.165, 1.54) is 11.3 Å².